The maximum absolute atomic E-state index is 10.8. The number of carboxylic acid groups (broad SMARTS) is 1. The van der Waals surface area contributed by atoms with E-state index >= 15 is 0 Å². The van der Waals surface area contributed by atoms with E-state index in [0.29, 0.717) is 6.54 Å². The number of aliphatic carboxylic acids is 1. The summed E-state index contributed by atoms with van der Waals surface area (Å²) in [6.07, 6.45) is 0. The predicted octanol–water partition coefficient (Wildman–Crippen LogP) is 3.43. The molecule has 1 atom stereocenters. The molecule has 0 aromatic heterocycles. The lowest BCUT2D eigenvalue weighted by Crippen LogP contribution is -2.20. The molecule has 0 fully saturated rings. The summed E-state index contributed by atoms with van der Waals surface area (Å²) in [7, 11) is 0. The molecule has 0 aliphatic heterocycles. The van der Waals surface area contributed by atoms with Crippen LogP contribution < -0.4 is 5.32 Å². The van der Waals surface area contributed by atoms with Gasteiger partial charge in [0.15, 0.2) is 0 Å². The van der Waals surface area contributed by atoms with Gasteiger partial charge in [0.2, 0.25) is 0 Å². The van der Waals surface area contributed by atoms with E-state index < -0.39 is 5.97 Å². The van der Waals surface area contributed by atoms with Gasteiger partial charge < -0.3 is 10.4 Å². The van der Waals surface area contributed by atoms with Gasteiger partial charge >= 0.3 is 5.97 Å². The minimum Gasteiger partial charge on any atom is -0.481 e. The van der Waals surface area contributed by atoms with E-state index in [0.717, 1.165) is 11.3 Å². The summed E-state index contributed by atoms with van der Waals surface area (Å²) in [6, 6.07) is 6.29. The summed E-state index contributed by atoms with van der Waals surface area (Å²) in [5.74, 6) is -1.15. The molecule has 18 heavy (non-hydrogen) atoms. The van der Waals surface area contributed by atoms with Gasteiger partial charge in [0.1, 0.15) is 0 Å². The summed E-state index contributed by atoms with van der Waals surface area (Å²) < 4.78 is 0. The van der Waals surface area contributed by atoms with Crippen molar-refractivity contribution in [3.05, 3.63) is 29.3 Å². The van der Waals surface area contributed by atoms with Crippen molar-refractivity contribution in [2.45, 2.75) is 40.0 Å². The highest BCUT2D eigenvalue weighted by Crippen LogP contribution is 2.26. The largest absolute Gasteiger partial charge is 0.481 e. The lowest BCUT2D eigenvalue weighted by molar-refractivity contribution is -0.140. The van der Waals surface area contributed by atoms with Crippen LogP contribution in [0.3, 0.4) is 0 Å². The molecular weight excluding hydrogens is 226 g/mol. The predicted molar refractivity (Wildman–Crippen MR) is 75.2 cm³/mol. The number of anilines is 1. The van der Waals surface area contributed by atoms with Crippen molar-refractivity contribution in [3.63, 3.8) is 0 Å². The van der Waals surface area contributed by atoms with Crippen LogP contribution in [0.4, 0.5) is 5.69 Å². The maximum atomic E-state index is 10.8. The Morgan fingerprint density at radius 1 is 1.39 bits per heavy atom. The molecule has 0 spiro atoms. The molecule has 0 saturated heterocycles. The molecule has 0 bridgehead atoms. The second-order valence-electron chi connectivity index (χ2n) is 5.90. The molecule has 100 valence electrons. The van der Waals surface area contributed by atoms with Crippen molar-refractivity contribution in [1.82, 2.24) is 0 Å². The molecule has 2 N–H and O–H groups in total. The summed E-state index contributed by atoms with van der Waals surface area (Å²) in [6.45, 7) is 10.7. The highest BCUT2D eigenvalue weighted by Gasteiger charge is 2.15. The normalized spacial score (nSPS) is 13.2. The first-order valence-corrected chi connectivity index (χ1v) is 6.29. The van der Waals surface area contributed by atoms with E-state index in [4.69, 9.17) is 5.11 Å². The Morgan fingerprint density at radius 3 is 2.44 bits per heavy atom. The molecule has 1 aromatic carbocycles. The Morgan fingerprint density at radius 2 is 2.00 bits per heavy atom. The Labute approximate surface area is 109 Å². The number of benzene rings is 1. The summed E-state index contributed by atoms with van der Waals surface area (Å²) in [5.41, 5.74) is 3.59. The minimum atomic E-state index is -0.772. The highest BCUT2D eigenvalue weighted by molar-refractivity contribution is 5.70. The van der Waals surface area contributed by atoms with Crippen LogP contribution >= 0.6 is 0 Å². The number of carboxylic acids is 1. The average molecular weight is 249 g/mol. The lowest BCUT2D eigenvalue weighted by atomic mass is 9.86. The Kier molecular flexibility index (Phi) is 4.38. The smallest absolute Gasteiger partial charge is 0.308 e. The number of aryl methyl sites for hydroxylation is 1. The first-order valence-electron chi connectivity index (χ1n) is 6.29. The Hall–Kier alpha value is -1.51. The van der Waals surface area contributed by atoms with Crippen LogP contribution in [0.5, 0.6) is 0 Å². The Bertz CT molecular complexity index is 433. The molecule has 1 unspecified atom stereocenters. The standard InChI is InChI=1S/C15H23NO2/c1-10-8-12(15(3,4)5)6-7-13(10)16-9-11(2)14(17)18/h6-8,11,16H,9H2,1-5H3,(H,17,18). The van der Waals surface area contributed by atoms with Gasteiger partial charge in [0.05, 0.1) is 5.92 Å². The van der Waals surface area contributed by atoms with Crippen molar-refractivity contribution in [1.29, 1.82) is 0 Å². The zero-order valence-electron chi connectivity index (χ0n) is 11.9. The van der Waals surface area contributed by atoms with Gasteiger partial charge in [-0.1, -0.05) is 39.8 Å². The van der Waals surface area contributed by atoms with Gasteiger partial charge in [-0.25, -0.2) is 0 Å². The SMILES string of the molecule is Cc1cc(C(C)(C)C)ccc1NCC(C)C(=O)O. The molecule has 3 nitrogen and oxygen atoms in total. The van der Waals surface area contributed by atoms with Gasteiger partial charge in [-0.05, 0) is 29.5 Å². The molecule has 0 radical (unpaired) electrons. The monoisotopic (exact) mass is 249 g/mol. The zero-order chi connectivity index (χ0) is 13.9. The van der Waals surface area contributed by atoms with Gasteiger partial charge in [-0.15, -0.1) is 0 Å². The fourth-order valence-electron chi connectivity index (χ4n) is 1.68. The lowest BCUT2D eigenvalue weighted by Gasteiger charge is -2.21. The maximum Gasteiger partial charge on any atom is 0.308 e. The number of rotatable bonds is 4. The molecule has 0 heterocycles. The van der Waals surface area contributed by atoms with Crippen LogP contribution in [0, 0.1) is 12.8 Å². The first kappa shape index (κ1) is 14.6. The topological polar surface area (TPSA) is 49.3 Å². The Balaban J connectivity index is 2.78. The van der Waals surface area contributed by atoms with Crippen LogP contribution in [-0.4, -0.2) is 17.6 Å². The first-order chi connectivity index (χ1) is 8.21. The van der Waals surface area contributed by atoms with Crippen LogP contribution in [0.25, 0.3) is 0 Å². The van der Waals surface area contributed by atoms with Crippen molar-refractivity contribution >= 4 is 11.7 Å². The van der Waals surface area contributed by atoms with Crippen molar-refractivity contribution in [3.8, 4) is 0 Å². The van der Waals surface area contributed by atoms with E-state index in [2.05, 4.69) is 38.2 Å². The van der Waals surface area contributed by atoms with Crippen LogP contribution in [0.15, 0.2) is 18.2 Å². The number of nitrogens with one attached hydrogen (secondary N) is 1. The number of hydrogen-bond donors (Lipinski definition) is 2. The van der Waals surface area contributed by atoms with E-state index in [1.165, 1.54) is 5.56 Å². The fraction of sp³-hybridized carbons (Fsp3) is 0.533. The van der Waals surface area contributed by atoms with Gasteiger partial charge in [-0.2, -0.15) is 0 Å². The molecular formula is C15H23NO2. The van der Waals surface area contributed by atoms with Crippen molar-refractivity contribution in [2.24, 2.45) is 5.92 Å². The molecule has 1 aromatic rings. The second-order valence-corrected chi connectivity index (χ2v) is 5.90. The van der Waals surface area contributed by atoms with Gasteiger partial charge in [0, 0.05) is 12.2 Å². The summed E-state index contributed by atoms with van der Waals surface area (Å²) >= 11 is 0. The molecule has 0 amide bonds. The van der Waals surface area contributed by atoms with Crippen LogP contribution in [-0.2, 0) is 10.2 Å². The average Bonchev–Trinajstić information content (AvgIpc) is 2.25. The third-order valence-electron chi connectivity index (χ3n) is 3.11. The molecule has 3 heteroatoms. The second kappa shape index (κ2) is 5.42. The zero-order valence-corrected chi connectivity index (χ0v) is 11.9. The van der Waals surface area contributed by atoms with E-state index in [1.54, 1.807) is 6.92 Å². The van der Waals surface area contributed by atoms with E-state index in [9.17, 15) is 4.79 Å². The summed E-state index contributed by atoms with van der Waals surface area (Å²) in [5, 5.41) is 12.0. The van der Waals surface area contributed by atoms with Crippen molar-refractivity contribution < 1.29 is 9.90 Å². The molecule has 0 aliphatic rings. The van der Waals surface area contributed by atoms with Crippen LogP contribution in [0.2, 0.25) is 0 Å². The highest BCUT2D eigenvalue weighted by atomic mass is 16.4. The van der Waals surface area contributed by atoms with Gasteiger partial charge in [0.25, 0.3) is 0 Å². The van der Waals surface area contributed by atoms with E-state index in [-0.39, 0.29) is 11.3 Å². The third-order valence-corrected chi connectivity index (χ3v) is 3.11. The number of hydrogen-bond acceptors (Lipinski definition) is 2. The third kappa shape index (κ3) is 3.76. The fourth-order valence-corrected chi connectivity index (χ4v) is 1.68. The molecule has 0 saturated carbocycles. The van der Waals surface area contributed by atoms with Gasteiger partial charge in [-0.3, -0.25) is 4.79 Å². The quantitative estimate of drug-likeness (QED) is 0.859. The van der Waals surface area contributed by atoms with E-state index in [1.807, 2.05) is 13.0 Å². The minimum absolute atomic E-state index is 0.137. The summed E-state index contributed by atoms with van der Waals surface area (Å²) in [4.78, 5) is 10.8. The molecule has 1 rings (SSSR count). The molecule has 0 aliphatic carbocycles. The van der Waals surface area contributed by atoms with Crippen molar-refractivity contribution in [2.75, 3.05) is 11.9 Å². The number of carbonyl (C=O) groups is 1. The van der Waals surface area contributed by atoms with Crippen LogP contribution in [0.1, 0.15) is 38.8 Å².